The molecule has 1 amide bonds. The molecule has 1 aromatic heterocycles. The molecule has 1 N–H and O–H groups in total. The fourth-order valence-electron chi connectivity index (χ4n) is 2.28. The van der Waals surface area contributed by atoms with E-state index in [-0.39, 0.29) is 17.3 Å². The summed E-state index contributed by atoms with van der Waals surface area (Å²) >= 11 is 0. The molecule has 2 rings (SSSR count). The summed E-state index contributed by atoms with van der Waals surface area (Å²) in [6.45, 7) is 4.89. The highest BCUT2D eigenvalue weighted by atomic mass is 19.1. The van der Waals surface area contributed by atoms with E-state index >= 15 is 0 Å². The first-order chi connectivity index (χ1) is 11.5. The van der Waals surface area contributed by atoms with E-state index in [4.69, 9.17) is 0 Å². The van der Waals surface area contributed by atoms with Gasteiger partial charge in [-0.3, -0.25) is 9.59 Å². The molecular weight excluding hydrogens is 309 g/mol. The van der Waals surface area contributed by atoms with E-state index in [2.05, 4.69) is 10.4 Å². The van der Waals surface area contributed by atoms with Crippen LogP contribution in [0, 0.1) is 11.7 Å². The van der Waals surface area contributed by atoms with Crippen LogP contribution in [0.2, 0.25) is 0 Å². The SMILES string of the molecule is CC(C)CC(=O)NCCCn1nc(-c2ccc(F)cc2)ccc1=O. The average Bonchev–Trinajstić information content (AvgIpc) is 2.53. The van der Waals surface area contributed by atoms with Gasteiger partial charge in [-0.2, -0.15) is 5.10 Å². The highest BCUT2D eigenvalue weighted by molar-refractivity contribution is 5.75. The molecule has 0 spiro atoms. The molecule has 0 aliphatic carbocycles. The summed E-state index contributed by atoms with van der Waals surface area (Å²) in [6, 6.07) is 9.03. The number of hydrogen-bond acceptors (Lipinski definition) is 3. The van der Waals surface area contributed by atoms with Crippen LogP contribution in [0.5, 0.6) is 0 Å². The Hall–Kier alpha value is -2.50. The Morgan fingerprint density at radius 1 is 1.21 bits per heavy atom. The van der Waals surface area contributed by atoms with E-state index in [0.717, 1.165) is 5.56 Å². The largest absolute Gasteiger partial charge is 0.356 e. The molecule has 5 nitrogen and oxygen atoms in total. The van der Waals surface area contributed by atoms with Crippen molar-refractivity contribution in [1.82, 2.24) is 15.1 Å². The standard InChI is InChI=1S/C18H22FN3O2/c1-13(2)12-17(23)20-10-3-11-22-18(24)9-8-16(21-22)14-4-6-15(19)7-5-14/h4-9,13H,3,10-12H2,1-2H3,(H,20,23). The van der Waals surface area contributed by atoms with Gasteiger partial charge in [0.2, 0.25) is 5.91 Å². The van der Waals surface area contributed by atoms with Crippen LogP contribution in [-0.4, -0.2) is 22.2 Å². The zero-order valence-electron chi connectivity index (χ0n) is 14.0. The van der Waals surface area contributed by atoms with Gasteiger partial charge in [-0.15, -0.1) is 0 Å². The summed E-state index contributed by atoms with van der Waals surface area (Å²) < 4.78 is 14.4. The van der Waals surface area contributed by atoms with Crippen molar-refractivity contribution in [3.8, 4) is 11.3 Å². The molecule has 0 unspecified atom stereocenters. The third-order valence-electron chi connectivity index (χ3n) is 3.47. The van der Waals surface area contributed by atoms with E-state index < -0.39 is 0 Å². The van der Waals surface area contributed by atoms with Crippen LogP contribution < -0.4 is 10.9 Å². The smallest absolute Gasteiger partial charge is 0.266 e. The maximum absolute atomic E-state index is 13.0. The Kier molecular flexibility index (Phi) is 6.23. The number of rotatable bonds is 7. The third kappa shape index (κ3) is 5.30. The minimum absolute atomic E-state index is 0.0189. The lowest BCUT2D eigenvalue weighted by Gasteiger charge is -2.09. The fourth-order valence-corrected chi connectivity index (χ4v) is 2.28. The Morgan fingerprint density at radius 2 is 1.92 bits per heavy atom. The van der Waals surface area contributed by atoms with Crippen molar-refractivity contribution in [2.24, 2.45) is 5.92 Å². The predicted molar refractivity (Wildman–Crippen MR) is 91.0 cm³/mol. The molecule has 2 aromatic rings. The van der Waals surface area contributed by atoms with Gasteiger partial charge in [-0.25, -0.2) is 9.07 Å². The van der Waals surface area contributed by atoms with Crippen LogP contribution in [0.4, 0.5) is 4.39 Å². The molecule has 0 bridgehead atoms. The van der Waals surface area contributed by atoms with Gasteiger partial charge in [-0.1, -0.05) is 13.8 Å². The topological polar surface area (TPSA) is 64.0 Å². The second kappa shape index (κ2) is 8.38. The normalized spacial score (nSPS) is 10.8. The first kappa shape index (κ1) is 17.8. The molecule has 24 heavy (non-hydrogen) atoms. The van der Waals surface area contributed by atoms with Gasteiger partial charge in [0.05, 0.1) is 5.69 Å². The molecule has 0 saturated carbocycles. The maximum Gasteiger partial charge on any atom is 0.266 e. The maximum atomic E-state index is 13.0. The molecular formula is C18H22FN3O2. The number of nitrogens with one attached hydrogen (secondary N) is 1. The number of carbonyl (C=O) groups is 1. The first-order valence-corrected chi connectivity index (χ1v) is 8.06. The Labute approximate surface area is 140 Å². The predicted octanol–water partition coefficient (Wildman–Crippen LogP) is 2.60. The number of benzene rings is 1. The van der Waals surface area contributed by atoms with Crippen LogP contribution in [-0.2, 0) is 11.3 Å². The van der Waals surface area contributed by atoms with Gasteiger partial charge in [0.15, 0.2) is 0 Å². The number of halogens is 1. The third-order valence-corrected chi connectivity index (χ3v) is 3.47. The van der Waals surface area contributed by atoms with Gasteiger partial charge in [0.1, 0.15) is 5.82 Å². The summed E-state index contributed by atoms with van der Waals surface area (Å²) in [6.07, 6.45) is 1.11. The van der Waals surface area contributed by atoms with Crippen LogP contribution in [0.1, 0.15) is 26.7 Å². The van der Waals surface area contributed by atoms with Gasteiger partial charge in [-0.05, 0) is 42.7 Å². The van der Waals surface area contributed by atoms with Crippen LogP contribution >= 0.6 is 0 Å². The summed E-state index contributed by atoms with van der Waals surface area (Å²) in [7, 11) is 0. The van der Waals surface area contributed by atoms with E-state index in [0.29, 0.717) is 37.5 Å². The first-order valence-electron chi connectivity index (χ1n) is 8.06. The molecule has 128 valence electrons. The van der Waals surface area contributed by atoms with Crippen molar-refractivity contribution in [3.05, 3.63) is 52.6 Å². The number of nitrogens with zero attached hydrogens (tertiary/aromatic N) is 2. The second-order valence-electron chi connectivity index (χ2n) is 6.09. The Bertz CT molecular complexity index is 739. The number of hydrogen-bond donors (Lipinski definition) is 1. The van der Waals surface area contributed by atoms with Crippen molar-refractivity contribution in [2.75, 3.05) is 6.54 Å². The minimum Gasteiger partial charge on any atom is -0.356 e. The number of aryl methyl sites for hydroxylation is 1. The van der Waals surface area contributed by atoms with Gasteiger partial charge < -0.3 is 5.32 Å². The number of carbonyl (C=O) groups excluding carboxylic acids is 1. The van der Waals surface area contributed by atoms with E-state index in [1.54, 1.807) is 18.2 Å². The zero-order valence-corrected chi connectivity index (χ0v) is 14.0. The van der Waals surface area contributed by atoms with Crippen molar-refractivity contribution in [3.63, 3.8) is 0 Å². The zero-order chi connectivity index (χ0) is 17.5. The second-order valence-corrected chi connectivity index (χ2v) is 6.09. The molecule has 0 atom stereocenters. The van der Waals surface area contributed by atoms with Crippen LogP contribution in [0.15, 0.2) is 41.2 Å². The molecule has 1 heterocycles. The van der Waals surface area contributed by atoms with Crippen molar-refractivity contribution >= 4 is 5.91 Å². The molecule has 6 heteroatoms. The highest BCUT2D eigenvalue weighted by Gasteiger charge is 2.06. The highest BCUT2D eigenvalue weighted by Crippen LogP contribution is 2.15. The molecule has 0 fully saturated rings. The quantitative estimate of drug-likeness (QED) is 0.793. The van der Waals surface area contributed by atoms with Gasteiger partial charge in [0.25, 0.3) is 5.56 Å². The van der Waals surface area contributed by atoms with Crippen LogP contribution in [0.25, 0.3) is 11.3 Å². The average molecular weight is 331 g/mol. The molecule has 0 aliphatic heterocycles. The Morgan fingerprint density at radius 3 is 2.58 bits per heavy atom. The van der Waals surface area contributed by atoms with E-state index in [1.807, 2.05) is 13.8 Å². The number of aromatic nitrogens is 2. The monoisotopic (exact) mass is 331 g/mol. The summed E-state index contributed by atoms with van der Waals surface area (Å²) in [5.74, 6) is 0.0243. The molecule has 1 aromatic carbocycles. The summed E-state index contributed by atoms with van der Waals surface area (Å²) in [5.41, 5.74) is 1.16. The van der Waals surface area contributed by atoms with Crippen molar-refractivity contribution in [1.29, 1.82) is 0 Å². The lowest BCUT2D eigenvalue weighted by molar-refractivity contribution is -0.121. The van der Waals surface area contributed by atoms with Crippen molar-refractivity contribution < 1.29 is 9.18 Å². The molecule has 0 aliphatic rings. The fraction of sp³-hybridized carbons (Fsp3) is 0.389. The Balaban J connectivity index is 1.95. The van der Waals surface area contributed by atoms with Gasteiger partial charge >= 0.3 is 0 Å². The minimum atomic E-state index is -0.316. The van der Waals surface area contributed by atoms with E-state index in [1.165, 1.54) is 22.9 Å². The van der Waals surface area contributed by atoms with E-state index in [9.17, 15) is 14.0 Å². The molecule has 0 radical (unpaired) electrons. The van der Waals surface area contributed by atoms with Crippen molar-refractivity contribution in [2.45, 2.75) is 33.2 Å². The number of amides is 1. The molecule has 0 saturated heterocycles. The lowest BCUT2D eigenvalue weighted by atomic mass is 10.1. The summed E-state index contributed by atoms with van der Waals surface area (Å²) in [5, 5.41) is 7.14. The van der Waals surface area contributed by atoms with Gasteiger partial charge in [0, 0.05) is 31.1 Å². The lowest BCUT2D eigenvalue weighted by Crippen LogP contribution is -2.28. The van der Waals surface area contributed by atoms with Crippen LogP contribution in [0.3, 0.4) is 0 Å². The summed E-state index contributed by atoms with van der Waals surface area (Å²) in [4.78, 5) is 23.5.